The number of hydrogen-bond donors (Lipinski definition) is 1. The normalized spacial score (nSPS) is 9.25. The van der Waals surface area contributed by atoms with Gasteiger partial charge in [-0.25, -0.2) is 4.79 Å². The lowest BCUT2D eigenvalue weighted by molar-refractivity contribution is 0.0697. The Hall–Kier alpha value is -1.87. The first-order chi connectivity index (χ1) is 7.29. The minimum Gasteiger partial charge on any atom is -0.478 e. The van der Waals surface area contributed by atoms with Crippen LogP contribution in [0, 0.1) is 0 Å². The SMILES string of the molecule is Cl.O=C(O)c1ccncc1-c1ccccc1. The van der Waals surface area contributed by atoms with Crippen molar-refractivity contribution in [1.29, 1.82) is 0 Å². The van der Waals surface area contributed by atoms with Crippen molar-refractivity contribution in [2.75, 3.05) is 0 Å². The lowest BCUT2D eigenvalue weighted by Crippen LogP contribution is -1.99. The van der Waals surface area contributed by atoms with Crippen molar-refractivity contribution in [3.05, 3.63) is 54.4 Å². The second kappa shape index (κ2) is 5.28. The summed E-state index contributed by atoms with van der Waals surface area (Å²) in [4.78, 5) is 14.9. The van der Waals surface area contributed by atoms with E-state index < -0.39 is 5.97 Å². The average molecular weight is 236 g/mol. The number of aromatic nitrogens is 1. The van der Waals surface area contributed by atoms with E-state index in [9.17, 15) is 4.79 Å². The van der Waals surface area contributed by atoms with E-state index in [1.54, 1.807) is 6.20 Å². The molecule has 16 heavy (non-hydrogen) atoms. The third kappa shape index (κ3) is 2.38. The summed E-state index contributed by atoms with van der Waals surface area (Å²) in [7, 11) is 0. The molecular weight excluding hydrogens is 226 g/mol. The molecule has 0 amide bonds. The van der Waals surface area contributed by atoms with E-state index in [0.29, 0.717) is 5.56 Å². The van der Waals surface area contributed by atoms with Gasteiger partial charge in [-0.3, -0.25) is 4.98 Å². The fourth-order valence-corrected chi connectivity index (χ4v) is 1.43. The molecule has 1 aromatic heterocycles. The van der Waals surface area contributed by atoms with Crippen molar-refractivity contribution >= 4 is 18.4 Å². The van der Waals surface area contributed by atoms with Crippen molar-refractivity contribution in [3.8, 4) is 11.1 Å². The molecule has 0 fully saturated rings. The maximum atomic E-state index is 11.0. The molecule has 0 aliphatic carbocycles. The van der Waals surface area contributed by atoms with Crippen LogP contribution in [0.15, 0.2) is 48.8 Å². The zero-order valence-electron chi connectivity index (χ0n) is 8.33. The van der Waals surface area contributed by atoms with Crippen molar-refractivity contribution in [2.45, 2.75) is 0 Å². The van der Waals surface area contributed by atoms with Crippen LogP contribution in [0.1, 0.15) is 10.4 Å². The lowest BCUT2D eigenvalue weighted by Gasteiger charge is -2.04. The highest BCUT2D eigenvalue weighted by molar-refractivity contribution is 5.95. The van der Waals surface area contributed by atoms with Gasteiger partial charge in [-0.2, -0.15) is 0 Å². The van der Waals surface area contributed by atoms with E-state index in [4.69, 9.17) is 5.11 Å². The number of carbonyl (C=O) groups is 1. The number of carboxylic acid groups (broad SMARTS) is 1. The fraction of sp³-hybridized carbons (Fsp3) is 0. The molecule has 0 aliphatic heterocycles. The molecule has 0 unspecified atom stereocenters. The van der Waals surface area contributed by atoms with Gasteiger partial charge >= 0.3 is 5.97 Å². The summed E-state index contributed by atoms with van der Waals surface area (Å²) in [5.74, 6) is -0.934. The average Bonchev–Trinajstić information content (AvgIpc) is 2.30. The summed E-state index contributed by atoms with van der Waals surface area (Å²) in [6.45, 7) is 0. The van der Waals surface area contributed by atoms with Crippen LogP contribution in [0.5, 0.6) is 0 Å². The van der Waals surface area contributed by atoms with Crippen molar-refractivity contribution in [1.82, 2.24) is 4.98 Å². The van der Waals surface area contributed by atoms with Gasteiger partial charge in [-0.15, -0.1) is 12.4 Å². The lowest BCUT2D eigenvalue weighted by atomic mass is 10.0. The van der Waals surface area contributed by atoms with Crippen molar-refractivity contribution in [3.63, 3.8) is 0 Å². The number of benzene rings is 1. The van der Waals surface area contributed by atoms with Crippen LogP contribution in [0.25, 0.3) is 11.1 Å². The molecule has 0 saturated heterocycles. The first-order valence-electron chi connectivity index (χ1n) is 4.52. The largest absolute Gasteiger partial charge is 0.478 e. The van der Waals surface area contributed by atoms with E-state index in [-0.39, 0.29) is 18.0 Å². The van der Waals surface area contributed by atoms with E-state index in [0.717, 1.165) is 5.56 Å². The van der Waals surface area contributed by atoms with Gasteiger partial charge in [0.2, 0.25) is 0 Å². The molecule has 4 heteroatoms. The maximum absolute atomic E-state index is 11.0. The first-order valence-corrected chi connectivity index (χ1v) is 4.52. The van der Waals surface area contributed by atoms with Gasteiger partial charge in [0.25, 0.3) is 0 Å². The predicted octanol–water partition coefficient (Wildman–Crippen LogP) is 2.87. The number of rotatable bonds is 2. The van der Waals surface area contributed by atoms with Crippen LogP contribution in [0.4, 0.5) is 0 Å². The Kier molecular flexibility index (Phi) is 4.03. The van der Waals surface area contributed by atoms with Gasteiger partial charge in [0, 0.05) is 18.0 Å². The highest BCUT2D eigenvalue weighted by Gasteiger charge is 2.10. The van der Waals surface area contributed by atoms with Crippen LogP contribution in [0.2, 0.25) is 0 Å². The number of halogens is 1. The molecule has 2 aromatic rings. The minimum absolute atomic E-state index is 0. The van der Waals surface area contributed by atoms with Crippen molar-refractivity contribution in [2.24, 2.45) is 0 Å². The molecule has 0 radical (unpaired) electrons. The molecule has 0 bridgehead atoms. The summed E-state index contributed by atoms with van der Waals surface area (Å²) >= 11 is 0. The molecule has 3 nitrogen and oxygen atoms in total. The highest BCUT2D eigenvalue weighted by Crippen LogP contribution is 2.21. The Morgan fingerprint density at radius 1 is 1.12 bits per heavy atom. The van der Waals surface area contributed by atoms with Crippen LogP contribution in [0.3, 0.4) is 0 Å². The van der Waals surface area contributed by atoms with Gasteiger partial charge in [0.05, 0.1) is 5.56 Å². The summed E-state index contributed by atoms with van der Waals surface area (Å²) in [6.07, 6.45) is 3.05. The topological polar surface area (TPSA) is 50.2 Å². The second-order valence-corrected chi connectivity index (χ2v) is 3.09. The van der Waals surface area contributed by atoms with Crippen molar-refractivity contribution < 1.29 is 9.90 Å². The van der Waals surface area contributed by atoms with Crippen LogP contribution in [-0.4, -0.2) is 16.1 Å². The zero-order chi connectivity index (χ0) is 10.7. The molecule has 0 saturated carbocycles. The number of hydrogen-bond acceptors (Lipinski definition) is 2. The minimum atomic E-state index is -0.934. The standard InChI is InChI=1S/C12H9NO2.ClH/c14-12(15)10-6-7-13-8-11(10)9-4-2-1-3-5-9;/h1-8H,(H,14,15);1H. The Bertz CT molecular complexity index is 485. The number of carboxylic acids is 1. The maximum Gasteiger partial charge on any atom is 0.336 e. The highest BCUT2D eigenvalue weighted by atomic mass is 35.5. The van der Waals surface area contributed by atoms with Crippen LogP contribution < -0.4 is 0 Å². The second-order valence-electron chi connectivity index (χ2n) is 3.09. The van der Waals surface area contributed by atoms with E-state index in [1.807, 2.05) is 30.3 Å². The van der Waals surface area contributed by atoms with E-state index in [2.05, 4.69) is 4.98 Å². The number of pyridine rings is 1. The van der Waals surface area contributed by atoms with Gasteiger partial charge < -0.3 is 5.11 Å². The van der Waals surface area contributed by atoms with Gasteiger partial charge in [-0.05, 0) is 11.6 Å². The summed E-state index contributed by atoms with van der Waals surface area (Å²) in [5.41, 5.74) is 1.78. The molecule has 1 heterocycles. The van der Waals surface area contributed by atoms with Gasteiger partial charge in [0.15, 0.2) is 0 Å². The molecule has 82 valence electrons. The summed E-state index contributed by atoms with van der Waals surface area (Å²) in [5, 5.41) is 9.00. The van der Waals surface area contributed by atoms with Crippen LogP contribution in [-0.2, 0) is 0 Å². The molecule has 0 aliphatic rings. The molecule has 2 rings (SSSR count). The Balaban J connectivity index is 0.00000128. The monoisotopic (exact) mass is 235 g/mol. The zero-order valence-corrected chi connectivity index (χ0v) is 9.15. The van der Waals surface area contributed by atoms with E-state index in [1.165, 1.54) is 12.3 Å². The molecule has 1 N–H and O–H groups in total. The first kappa shape index (κ1) is 12.2. The van der Waals surface area contributed by atoms with Gasteiger partial charge in [0.1, 0.15) is 0 Å². The van der Waals surface area contributed by atoms with Gasteiger partial charge in [-0.1, -0.05) is 30.3 Å². The quantitative estimate of drug-likeness (QED) is 0.871. The predicted molar refractivity (Wildman–Crippen MR) is 63.9 cm³/mol. The Morgan fingerprint density at radius 3 is 2.44 bits per heavy atom. The molecule has 0 atom stereocenters. The summed E-state index contributed by atoms with van der Waals surface area (Å²) < 4.78 is 0. The molecular formula is C12H10ClNO2. The smallest absolute Gasteiger partial charge is 0.336 e. The number of aromatic carboxylic acids is 1. The van der Waals surface area contributed by atoms with Crippen LogP contribution >= 0.6 is 12.4 Å². The van der Waals surface area contributed by atoms with E-state index >= 15 is 0 Å². The number of nitrogens with zero attached hydrogens (tertiary/aromatic N) is 1. The Labute approximate surface area is 99.2 Å². The molecule has 1 aromatic carbocycles. The summed E-state index contributed by atoms with van der Waals surface area (Å²) in [6, 6.07) is 10.9. The third-order valence-corrected chi connectivity index (χ3v) is 2.14. The third-order valence-electron chi connectivity index (χ3n) is 2.14. The molecule has 0 spiro atoms. The Morgan fingerprint density at radius 2 is 1.81 bits per heavy atom. The fourth-order valence-electron chi connectivity index (χ4n) is 1.43.